The van der Waals surface area contributed by atoms with Crippen molar-refractivity contribution in [1.82, 2.24) is 5.32 Å². The molecule has 0 aliphatic heterocycles. The van der Waals surface area contributed by atoms with Gasteiger partial charge in [-0.3, -0.25) is 14.9 Å². The maximum absolute atomic E-state index is 12.4. The lowest BCUT2D eigenvalue weighted by molar-refractivity contribution is -0.385. The summed E-state index contributed by atoms with van der Waals surface area (Å²) in [5, 5.41) is 14.6. The Kier molecular flexibility index (Phi) is 4.05. The summed E-state index contributed by atoms with van der Waals surface area (Å²) < 4.78 is 0. The van der Waals surface area contributed by atoms with Crippen molar-refractivity contribution in [2.45, 2.75) is 25.8 Å². The molecule has 2 aromatic carbocycles. The molecule has 5 nitrogen and oxygen atoms in total. The van der Waals surface area contributed by atoms with Crippen molar-refractivity contribution in [3.05, 3.63) is 73.8 Å². The van der Waals surface area contributed by atoms with Crippen LogP contribution in [-0.2, 0) is 6.42 Å². The lowest BCUT2D eigenvalue weighted by atomic mass is 10.1. The molecule has 0 heterocycles. The smallest absolute Gasteiger partial charge is 0.273 e. The molecule has 1 atom stereocenters. The highest BCUT2D eigenvalue weighted by molar-refractivity contribution is 6.30. The van der Waals surface area contributed by atoms with Crippen molar-refractivity contribution in [2.75, 3.05) is 0 Å². The summed E-state index contributed by atoms with van der Waals surface area (Å²) in [4.78, 5) is 22.9. The van der Waals surface area contributed by atoms with Crippen LogP contribution in [0.1, 0.15) is 39.5 Å². The van der Waals surface area contributed by atoms with E-state index in [1.165, 1.54) is 6.07 Å². The van der Waals surface area contributed by atoms with Crippen molar-refractivity contribution >= 4 is 23.2 Å². The van der Waals surface area contributed by atoms with Crippen LogP contribution in [0.4, 0.5) is 5.69 Å². The lowest BCUT2D eigenvalue weighted by Gasteiger charge is -2.14. The first-order valence-corrected chi connectivity index (χ1v) is 7.68. The number of nitro benzene ring substituents is 1. The van der Waals surface area contributed by atoms with E-state index in [-0.39, 0.29) is 17.6 Å². The van der Waals surface area contributed by atoms with Crippen molar-refractivity contribution in [1.29, 1.82) is 0 Å². The van der Waals surface area contributed by atoms with Crippen LogP contribution < -0.4 is 5.32 Å². The number of aryl methyl sites for hydroxylation is 2. The standard InChI is InChI=1S/C17H15ClN2O3/c1-10-2-3-12(9-16(10)20(22)23)17(21)19-15-7-4-11-8-13(18)5-6-14(11)15/h2-3,5-6,8-9,15H,4,7H2,1H3,(H,19,21). The normalized spacial score (nSPS) is 16.0. The summed E-state index contributed by atoms with van der Waals surface area (Å²) in [5.41, 5.74) is 2.98. The van der Waals surface area contributed by atoms with Gasteiger partial charge >= 0.3 is 0 Å². The number of carbonyl (C=O) groups excluding carboxylic acids is 1. The van der Waals surface area contributed by atoms with E-state index in [0.29, 0.717) is 16.1 Å². The van der Waals surface area contributed by atoms with Crippen molar-refractivity contribution in [3.63, 3.8) is 0 Å². The van der Waals surface area contributed by atoms with Crippen LogP contribution in [0.25, 0.3) is 0 Å². The number of rotatable bonds is 3. The number of amides is 1. The molecular formula is C17H15ClN2O3. The quantitative estimate of drug-likeness (QED) is 0.683. The van der Waals surface area contributed by atoms with Gasteiger partial charge in [-0.15, -0.1) is 0 Å². The molecule has 0 spiro atoms. The van der Waals surface area contributed by atoms with E-state index in [9.17, 15) is 14.9 Å². The molecule has 1 amide bonds. The van der Waals surface area contributed by atoms with E-state index in [0.717, 1.165) is 24.0 Å². The molecule has 0 saturated heterocycles. The molecule has 23 heavy (non-hydrogen) atoms. The zero-order valence-electron chi connectivity index (χ0n) is 12.5. The molecule has 1 unspecified atom stereocenters. The van der Waals surface area contributed by atoms with E-state index >= 15 is 0 Å². The predicted octanol–water partition coefficient (Wildman–Crippen LogP) is 3.97. The Morgan fingerprint density at radius 3 is 2.83 bits per heavy atom. The molecule has 0 fully saturated rings. The van der Waals surface area contributed by atoms with Gasteiger partial charge in [-0.25, -0.2) is 0 Å². The Balaban J connectivity index is 1.81. The van der Waals surface area contributed by atoms with Gasteiger partial charge in [-0.2, -0.15) is 0 Å². The molecule has 0 aromatic heterocycles. The number of hydrogen-bond acceptors (Lipinski definition) is 3. The van der Waals surface area contributed by atoms with Crippen LogP contribution in [0.3, 0.4) is 0 Å². The Bertz CT molecular complexity index is 804. The van der Waals surface area contributed by atoms with E-state index in [1.807, 2.05) is 18.2 Å². The average Bonchev–Trinajstić information content (AvgIpc) is 2.89. The maximum Gasteiger partial charge on any atom is 0.273 e. The Labute approximate surface area is 138 Å². The largest absolute Gasteiger partial charge is 0.345 e. The van der Waals surface area contributed by atoms with Crippen LogP contribution >= 0.6 is 11.6 Å². The van der Waals surface area contributed by atoms with E-state index in [1.54, 1.807) is 19.1 Å². The molecule has 0 radical (unpaired) electrons. The molecule has 0 bridgehead atoms. The summed E-state index contributed by atoms with van der Waals surface area (Å²) in [7, 11) is 0. The second kappa shape index (κ2) is 6.01. The van der Waals surface area contributed by atoms with Gasteiger partial charge in [0.05, 0.1) is 11.0 Å². The minimum atomic E-state index is -0.473. The second-order valence-corrected chi connectivity index (χ2v) is 6.10. The van der Waals surface area contributed by atoms with Gasteiger partial charge in [-0.05, 0) is 49.1 Å². The fraction of sp³-hybridized carbons (Fsp3) is 0.235. The topological polar surface area (TPSA) is 72.2 Å². The molecule has 1 aliphatic carbocycles. The van der Waals surface area contributed by atoms with Crippen molar-refractivity contribution < 1.29 is 9.72 Å². The highest BCUT2D eigenvalue weighted by atomic mass is 35.5. The number of benzene rings is 2. The molecule has 1 N–H and O–H groups in total. The molecule has 118 valence electrons. The minimum Gasteiger partial charge on any atom is -0.345 e. The first-order valence-electron chi connectivity index (χ1n) is 7.30. The van der Waals surface area contributed by atoms with Gasteiger partial charge in [0.1, 0.15) is 0 Å². The minimum absolute atomic E-state index is 0.0451. The zero-order chi connectivity index (χ0) is 16.6. The van der Waals surface area contributed by atoms with Crippen molar-refractivity contribution in [2.24, 2.45) is 0 Å². The summed E-state index contributed by atoms with van der Waals surface area (Å²) in [6.45, 7) is 1.65. The van der Waals surface area contributed by atoms with Gasteiger partial charge in [0, 0.05) is 22.2 Å². The number of fused-ring (bicyclic) bond motifs is 1. The third-order valence-corrected chi connectivity index (χ3v) is 4.39. The summed E-state index contributed by atoms with van der Waals surface area (Å²) >= 11 is 5.98. The molecule has 6 heteroatoms. The summed E-state index contributed by atoms with van der Waals surface area (Å²) in [6.07, 6.45) is 1.66. The van der Waals surface area contributed by atoms with Crippen LogP contribution in [0.2, 0.25) is 5.02 Å². The number of nitrogens with zero attached hydrogens (tertiary/aromatic N) is 1. The van der Waals surface area contributed by atoms with E-state index < -0.39 is 4.92 Å². The molecule has 3 rings (SSSR count). The second-order valence-electron chi connectivity index (χ2n) is 5.67. The monoisotopic (exact) mass is 330 g/mol. The first-order chi connectivity index (χ1) is 11.0. The predicted molar refractivity (Wildman–Crippen MR) is 87.8 cm³/mol. The summed E-state index contributed by atoms with van der Waals surface area (Å²) in [6, 6.07) is 10.1. The Morgan fingerprint density at radius 1 is 1.30 bits per heavy atom. The van der Waals surface area contributed by atoms with Crippen molar-refractivity contribution in [3.8, 4) is 0 Å². The molecule has 2 aromatic rings. The van der Waals surface area contributed by atoms with Gasteiger partial charge in [0.15, 0.2) is 0 Å². The lowest BCUT2D eigenvalue weighted by Crippen LogP contribution is -2.27. The molecule has 1 aliphatic rings. The molecule has 0 saturated carbocycles. The highest BCUT2D eigenvalue weighted by Crippen LogP contribution is 2.33. The maximum atomic E-state index is 12.4. The van der Waals surface area contributed by atoms with Crippen LogP contribution in [-0.4, -0.2) is 10.8 Å². The summed E-state index contributed by atoms with van der Waals surface area (Å²) in [5.74, 6) is -0.305. The van der Waals surface area contributed by atoms with Crippen LogP contribution in [0, 0.1) is 17.0 Å². The highest BCUT2D eigenvalue weighted by Gasteiger charge is 2.25. The van der Waals surface area contributed by atoms with Crippen LogP contribution in [0.5, 0.6) is 0 Å². The Morgan fingerprint density at radius 2 is 2.09 bits per heavy atom. The van der Waals surface area contributed by atoms with Gasteiger partial charge in [0.25, 0.3) is 11.6 Å². The van der Waals surface area contributed by atoms with Gasteiger partial charge in [-0.1, -0.05) is 23.7 Å². The van der Waals surface area contributed by atoms with E-state index in [2.05, 4.69) is 5.32 Å². The number of nitro groups is 1. The number of carbonyl (C=O) groups is 1. The third kappa shape index (κ3) is 3.05. The van der Waals surface area contributed by atoms with Gasteiger partial charge in [0.2, 0.25) is 0 Å². The fourth-order valence-corrected chi connectivity index (χ4v) is 3.12. The average molecular weight is 331 g/mol. The number of hydrogen-bond donors (Lipinski definition) is 1. The van der Waals surface area contributed by atoms with Crippen LogP contribution in [0.15, 0.2) is 36.4 Å². The number of nitrogens with one attached hydrogen (secondary N) is 1. The fourth-order valence-electron chi connectivity index (χ4n) is 2.92. The first kappa shape index (κ1) is 15.5. The van der Waals surface area contributed by atoms with Gasteiger partial charge < -0.3 is 5.32 Å². The molecular weight excluding hydrogens is 316 g/mol. The zero-order valence-corrected chi connectivity index (χ0v) is 13.3. The Hall–Kier alpha value is -2.40. The third-order valence-electron chi connectivity index (χ3n) is 4.16. The SMILES string of the molecule is Cc1ccc(C(=O)NC2CCc3cc(Cl)ccc32)cc1[N+](=O)[O-]. The van der Waals surface area contributed by atoms with E-state index in [4.69, 9.17) is 11.6 Å². The number of halogens is 1.